The summed E-state index contributed by atoms with van der Waals surface area (Å²) in [5.41, 5.74) is 1.18. The van der Waals surface area contributed by atoms with Crippen LogP contribution in [0.5, 0.6) is 5.75 Å². The Balaban J connectivity index is 2.03. The van der Waals surface area contributed by atoms with Gasteiger partial charge in [0.2, 0.25) is 5.91 Å². The van der Waals surface area contributed by atoms with Crippen molar-refractivity contribution in [2.75, 3.05) is 19.0 Å². The van der Waals surface area contributed by atoms with Crippen molar-refractivity contribution in [3.8, 4) is 5.75 Å². The molecule has 2 aromatic rings. The Labute approximate surface area is 154 Å². The van der Waals surface area contributed by atoms with E-state index in [0.717, 1.165) is 12.1 Å². The largest absolute Gasteiger partial charge is 0.490 e. The molecule has 0 aliphatic heterocycles. The third-order valence-electron chi connectivity index (χ3n) is 4.01. The number of rotatable bonds is 7. The predicted octanol–water partition coefficient (Wildman–Crippen LogP) is 3.48. The molecule has 9 heteroatoms. The highest BCUT2D eigenvalue weighted by Crippen LogP contribution is 2.32. The summed E-state index contributed by atoms with van der Waals surface area (Å²) >= 11 is 0. The maximum absolute atomic E-state index is 13.3. The van der Waals surface area contributed by atoms with Crippen LogP contribution in [0.2, 0.25) is 0 Å². The van der Waals surface area contributed by atoms with E-state index in [-0.39, 0.29) is 18.0 Å². The first-order valence-corrected chi connectivity index (χ1v) is 8.04. The van der Waals surface area contributed by atoms with Gasteiger partial charge in [0.25, 0.3) is 0 Å². The van der Waals surface area contributed by atoms with Crippen molar-refractivity contribution in [1.29, 1.82) is 0 Å². The van der Waals surface area contributed by atoms with Crippen molar-refractivity contribution in [2.24, 2.45) is 0 Å². The van der Waals surface area contributed by atoms with Crippen molar-refractivity contribution in [3.63, 3.8) is 0 Å². The van der Waals surface area contributed by atoms with E-state index in [9.17, 15) is 23.7 Å². The molecular formula is C18H19F2N3O4. The number of nitrogens with one attached hydrogen (secondary N) is 2. The summed E-state index contributed by atoms with van der Waals surface area (Å²) in [5, 5.41) is 16.5. The number of benzene rings is 2. The van der Waals surface area contributed by atoms with Gasteiger partial charge in [-0.3, -0.25) is 14.9 Å². The number of ether oxygens (including phenoxy) is 1. The molecule has 0 aromatic heterocycles. The predicted molar refractivity (Wildman–Crippen MR) is 95.8 cm³/mol. The number of nitrogens with zero attached hydrogens (tertiary/aromatic N) is 1. The number of hydrogen-bond donors (Lipinski definition) is 2. The number of carbonyl (C=O) groups excluding carboxylic acids is 1. The van der Waals surface area contributed by atoms with Crippen molar-refractivity contribution in [3.05, 3.63) is 63.2 Å². The molecule has 0 unspecified atom stereocenters. The second kappa shape index (κ2) is 8.54. The third-order valence-corrected chi connectivity index (χ3v) is 4.01. The summed E-state index contributed by atoms with van der Waals surface area (Å²) < 4.78 is 31.3. The molecule has 27 heavy (non-hydrogen) atoms. The van der Waals surface area contributed by atoms with E-state index in [1.807, 2.05) is 0 Å². The van der Waals surface area contributed by atoms with Gasteiger partial charge in [0.05, 0.1) is 18.6 Å². The molecule has 0 aliphatic rings. The number of nitro benzene ring substituents is 1. The van der Waals surface area contributed by atoms with Gasteiger partial charge in [0.15, 0.2) is 17.4 Å². The molecule has 7 nitrogen and oxygen atoms in total. The van der Waals surface area contributed by atoms with Gasteiger partial charge in [-0.2, -0.15) is 0 Å². The SMILES string of the molecule is COc1cc(NC(=O)CN[C@@H](C)c2ccc(F)c(F)c2)c(C)cc1[N+](=O)[O-]. The van der Waals surface area contributed by atoms with E-state index in [1.54, 1.807) is 13.8 Å². The fourth-order valence-electron chi connectivity index (χ4n) is 2.45. The molecular weight excluding hydrogens is 360 g/mol. The Bertz CT molecular complexity index is 874. The molecule has 0 spiro atoms. The molecule has 0 aliphatic carbocycles. The fourth-order valence-corrected chi connectivity index (χ4v) is 2.45. The molecule has 0 heterocycles. The molecule has 1 atom stereocenters. The van der Waals surface area contributed by atoms with Gasteiger partial charge in [0.1, 0.15) is 0 Å². The number of hydrogen-bond acceptors (Lipinski definition) is 5. The summed E-state index contributed by atoms with van der Waals surface area (Å²) in [6, 6.07) is 5.82. The minimum absolute atomic E-state index is 0.0315. The summed E-state index contributed by atoms with van der Waals surface area (Å²) in [7, 11) is 1.30. The first kappa shape index (κ1) is 20.2. The van der Waals surface area contributed by atoms with Crippen LogP contribution in [0.3, 0.4) is 0 Å². The van der Waals surface area contributed by atoms with Crippen LogP contribution in [0, 0.1) is 28.7 Å². The molecule has 0 saturated carbocycles. The van der Waals surface area contributed by atoms with E-state index in [0.29, 0.717) is 16.8 Å². The first-order valence-electron chi connectivity index (χ1n) is 8.04. The van der Waals surface area contributed by atoms with Gasteiger partial charge >= 0.3 is 5.69 Å². The highest BCUT2D eigenvalue weighted by atomic mass is 19.2. The monoisotopic (exact) mass is 379 g/mol. The number of halogens is 2. The summed E-state index contributed by atoms with van der Waals surface area (Å²) in [6.07, 6.45) is 0. The van der Waals surface area contributed by atoms with Crippen molar-refractivity contribution >= 4 is 17.3 Å². The van der Waals surface area contributed by atoms with Gasteiger partial charge in [-0.1, -0.05) is 6.07 Å². The van der Waals surface area contributed by atoms with Gasteiger partial charge in [-0.25, -0.2) is 8.78 Å². The molecule has 0 bridgehead atoms. The van der Waals surface area contributed by atoms with Gasteiger partial charge < -0.3 is 15.4 Å². The number of nitro groups is 1. The molecule has 144 valence electrons. The quantitative estimate of drug-likeness (QED) is 0.567. The van der Waals surface area contributed by atoms with Crippen LogP contribution in [0.1, 0.15) is 24.1 Å². The summed E-state index contributed by atoms with van der Waals surface area (Å²) in [4.78, 5) is 22.6. The first-order chi connectivity index (χ1) is 12.7. The minimum atomic E-state index is -0.959. The van der Waals surface area contributed by atoms with E-state index >= 15 is 0 Å². The average Bonchev–Trinajstić information content (AvgIpc) is 2.63. The summed E-state index contributed by atoms with van der Waals surface area (Å²) in [6.45, 7) is 3.23. The van der Waals surface area contributed by atoms with Crippen LogP contribution in [0.4, 0.5) is 20.2 Å². The molecule has 0 radical (unpaired) electrons. The van der Waals surface area contributed by atoms with E-state index in [4.69, 9.17) is 4.74 Å². The Kier molecular flexibility index (Phi) is 6.40. The molecule has 0 fully saturated rings. The van der Waals surface area contributed by atoms with Crippen LogP contribution < -0.4 is 15.4 Å². The van der Waals surface area contributed by atoms with Crippen LogP contribution in [0.25, 0.3) is 0 Å². The van der Waals surface area contributed by atoms with E-state index in [1.165, 1.54) is 25.3 Å². The molecule has 1 amide bonds. The van der Waals surface area contributed by atoms with Crippen LogP contribution in [0.15, 0.2) is 30.3 Å². The number of aryl methyl sites for hydroxylation is 1. The number of anilines is 1. The highest BCUT2D eigenvalue weighted by Gasteiger charge is 2.18. The Morgan fingerprint density at radius 1 is 1.26 bits per heavy atom. The molecule has 0 saturated heterocycles. The van der Waals surface area contributed by atoms with Crippen LogP contribution >= 0.6 is 0 Å². The molecule has 2 aromatic carbocycles. The van der Waals surface area contributed by atoms with E-state index < -0.39 is 28.5 Å². The lowest BCUT2D eigenvalue weighted by Crippen LogP contribution is -2.30. The van der Waals surface area contributed by atoms with Gasteiger partial charge in [-0.15, -0.1) is 0 Å². The smallest absolute Gasteiger partial charge is 0.311 e. The molecule has 2 N–H and O–H groups in total. The van der Waals surface area contributed by atoms with Crippen molar-refractivity contribution in [2.45, 2.75) is 19.9 Å². The normalized spacial score (nSPS) is 11.7. The zero-order valence-electron chi connectivity index (χ0n) is 15.0. The Morgan fingerprint density at radius 3 is 2.56 bits per heavy atom. The second-order valence-electron chi connectivity index (χ2n) is 5.92. The highest BCUT2D eigenvalue weighted by molar-refractivity contribution is 5.93. The van der Waals surface area contributed by atoms with Crippen molar-refractivity contribution in [1.82, 2.24) is 5.32 Å². The lowest BCUT2D eigenvalue weighted by molar-refractivity contribution is -0.385. The number of methoxy groups -OCH3 is 1. The maximum Gasteiger partial charge on any atom is 0.311 e. The third kappa shape index (κ3) is 4.98. The van der Waals surface area contributed by atoms with E-state index in [2.05, 4.69) is 10.6 Å². The van der Waals surface area contributed by atoms with Crippen molar-refractivity contribution < 1.29 is 23.2 Å². The topological polar surface area (TPSA) is 93.5 Å². The number of amides is 1. The van der Waals surface area contributed by atoms with Crippen LogP contribution in [-0.2, 0) is 4.79 Å². The minimum Gasteiger partial charge on any atom is -0.490 e. The second-order valence-corrected chi connectivity index (χ2v) is 5.92. The average molecular weight is 379 g/mol. The Morgan fingerprint density at radius 2 is 1.96 bits per heavy atom. The van der Waals surface area contributed by atoms with Gasteiger partial charge in [0, 0.05) is 23.9 Å². The lowest BCUT2D eigenvalue weighted by atomic mass is 10.1. The Hall–Kier alpha value is -3.07. The number of carbonyl (C=O) groups is 1. The summed E-state index contributed by atoms with van der Waals surface area (Å²) in [5.74, 6) is -2.27. The standard InChI is InChI=1S/C18H19F2N3O4/c1-10-6-16(23(25)26)17(27-3)8-15(10)22-18(24)9-21-11(2)12-4-5-13(19)14(20)7-12/h4-8,11,21H,9H2,1-3H3,(H,22,24)/t11-/m0/s1. The zero-order valence-corrected chi connectivity index (χ0v) is 15.0. The molecule has 2 rings (SSSR count). The maximum atomic E-state index is 13.3. The lowest BCUT2D eigenvalue weighted by Gasteiger charge is -2.15. The fraction of sp³-hybridized carbons (Fsp3) is 0.278. The van der Waals surface area contributed by atoms with Crippen LogP contribution in [-0.4, -0.2) is 24.5 Å². The van der Waals surface area contributed by atoms with Gasteiger partial charge in [-0.05, 0) is 37.1 Å². The zero-order chi connectivity index (χ0) is 20.1.